The van der Waals surface area contributed by atoms with Gasteiger partial charge in [-0.2, -0.15) is 0 Å². The second kappa shape index (κ2) is 28.1. The van der Waals surface area contributed by atoms with Gasteiger partial charge in [-0.25, -0.2) is 28.7 Å². The molecule has 604 valence electrons. The van der Waals surface area contributed by atoms with Gasteiger partial charge in [-0.1, -0.05) is 249 Å². The molecule has 16 aromatic heterocycles. The van der Waals surface area contributed by atoms with Crippen LogP contribution in [0.15, 0.2) is 365 Å². The summed E-state index contributed by atoms with van der Waals surface area (Å²) in [6.07, 6.45) is 0. The molecule has 16 heterocycles. The molecule has 0 atom stereocenters. The molecule has 0 fully saturated rings. The summed E-state index contributed by atoms with van der Waals surface area (Å²) in [5, 5.41) is 44.4. The average Bonchev–Trinajstić information content (AvgIpc) is 1.55. The van der Waals surface area contributed by atoms with E-state index in [1.807, 2.05) is 275 Å². The minimum absolute atomic E-state index is 0.322. The quantitative estimate of drug-likeness (QED) is 0.137. The molecule has 0 radical (unpaired) electrons. The molecule has 128 heavy (non-hydrogen) atoms. The maximum absolute atomic E-state index is 6.38. The van der Waals surface area contributed by atoms with Gasteiger partial charge in [0.05, 0.1) is 113 Å². The van der Waals surface area contributed by atoms with Crippen molar-refractivity contribution in [2.24, 2.45) is 0 Å². The molecule has 24 nitrogen and oxygen atoms in total. The Balaban J connectivity index is 0.0000000892. The summed E-state index contributed by atoms with van der Waals surface area (Å²) < 4.78 is 59.0. The van der Waals surface area contributed by atoms with E-state index in [1.54, 1.807) is 34.0 Å². The predicted octanol–water partition coefficient (Wildman–Crippen LogP) is 26.2. The number of nitrogens with zero attached hydrogens (tertiary/aromatic N) is 17. The van der Waals surface area contributed by atoms with Crippen LogP contribution in [0.25, 0.3) is 253 Å². The van der Waals surface area contributed by atoms with E-state index in [4.69, 9.17) is 45.9 Å². The monoisotopic (exact) mass is 1710 g/mol. The number of rotatable bonds is 8. The summed E-state index contributed by atoms with van der Waals surface area (Å²) in [6, 6.07) is 112. The fourth-order valence-corrected chi connectivity index (χ4v) is 21.3. The summed E-state index contributed by atoms with van der Waals surface area (Å²) in [4.78, 5) is 17.2. The minimum atomic E-state index is 0.322. The topological polar surface area (TPSA) is 262 Å². The summed E-state index contributed by atoms with van der Waals surface area (Å²) in [7, 11) is 0. The first kappa shape index (κ1) is 71.3. The van der Waals surface area contributed by atoms with E-state index in [2.05, 4.69) is 127 Å². The van der Waals surface area contributed by atoms with Gasteiger partial charge < -0.3 is 30.9 Å². The fourth-order valence-electron chi connectivity index (χ4n) is 17.9. The smallest absolute Gasteiger partial charge is 0.331 e. The number of imidazole rings is 3. The molecule has 0 spiro atoms. The van der Waals surface area contributed by atoms with Gasteiger partial charge in [0.1, 0.15) is 16.7 Å². The normalized spacial score (nSPS) is 12.1. The highest BCUT2D eigenvalue weighted by Crippen LogP contribution is 2.47. The van der Waals surface area contributed by atoms with Gasteiger partial charge in [-0.05, 0) is 133 Å². The molecule has 0 aliphatic carbocycles. The lowest BCUT2D eigenvalue weighted by molar-refractivity contribution is 0.500. The number of furan rings is 3. The number of hydrogen-bond donors (Lipinski definition) is 0. The van der Waals surface area contributed by atoms with Crippen LogP contribution in [0.5, 0.6) is 0 Å². The molecule has 0 N–H and O–H groups in total. The second-order valence-electron chi connectivity index (χ2n) is 30.6. The number of para-hydroxylation sites is 12. The zero-order chi connectivity index (χ0) is 83.8. The standard InChI is InChI=1S/C30H16N4O3.C28H14N6OS2.C22H13N3O2.C21H12N4OS/c1-5-13-21-17(9-1)25-19-11-3-7-15-23(19)35-27(25)33(21)29-31-32-30(37-29)34-22-14-6-2-10-18(22)26-20-12-4-8-16-24(20)36-28(26)34;1-3-11-19-17(9-1)29-27-33(19)21-13-5-7-15(23(21)36-27)25-31-32-26(35-25)16-8-6-14-22-24(16)37-28-30-18-10-2-4-12-20(18)34(22)28;1-2-8-14(9-3-1)20-23-24-22(27-20)25-17-12-6-4-10-15(17)19-16-11-5-7-13-18(16)26-21(19)25;1-2-7-13(8-3-1)19-23-24-20(26-19)14-9-6-12-17-18(14)27-21-22-15-10-4-5-11-16(15)25(17)21/h1-16H;1-14H;1-13H;1-12H. The average molecular weight is 1710 g/mol. The van der Waals surface area contributed by atoms with Gasteiger partial charge in [-0.3, -0.25) is 13.2 Å². The molecule has 0 amide bonds. The van der Waals surface area contributed by atoms with Crippen LogP contribution < -0.4 is 0 Å². The van der Waals surface area contributed by atoms with E-state index in [-0.39, 0.29) is 0 Å². The first-order valence-electron chi connectivity index (χ1n) is 41.0. The number of thiazole rings is 3. The van der Waals surface area contributed by atoms with Crippen LogP contribution in [-0.4, -0.2) is 82.6 Å². The van der Waals surface area contributed by atoms with Crippen LogP contribution >= 0.6 is 34.0 Å². The number of fused-ring (bicyclic) bond motifs is 30. The summed E-state index contributed by atoms with van der Waals surface area (Å²) >= 11 is 4.91. The van der Waals surface area contributed by atoms with Crippen molar-refractivity contribution in [1.29, 1.82) is 0 Å². The molecule has 0 aliphatic rings. The minimum Gasteiger partial charge on any atom is -0.439 e. The van der Waals surface area contributed by atoms with Crippen molar-refractivity contribution in [3.05, 3.63) is 334 Å². The Labute approximate surface area is 729 Å². The molecule has 0 saturated heterocycles. The molecule has 30 rings (SSSR count). The third kappa shape index (κ3) is 10.9. The SMILES string of the molecule is c1ccc(-c2nnc(-c3cccc4c3sc3nc5ccccc5n34)o2)cc1.c1ccc(-c2nnc(-n3c4ccccc4c4c5ccccc5oc43)o2)cc1.c1ccc2c(c1)nc1sc3c(-c4nnc(-c5cccc6c5sc5nc7ccccc7n56)o4)cccc3n12.c1ccc2c(c1)oc1c2c2ccccc2n1-c1nnc(-n2c3ccccc3c3c4ccccc4oc32)o1. The molecule has 0 saturated carbocycles. The Morgan fingerprint density at radius 1 is 0.203 bits per heavy atom. The second-order valence-corrected chi connectivity index (χ2v) is 33.6. The van der Waals surface area contributed by atoms with Crippen LogP contribution in [0.1, 0.15) is 0 Å². The Kier molecular flexibility index (Phi) is 15.7. The van der Waals surface area contributed by atoms with Crippen LogP contribution in [0.3, 0.4) is 0 Å². The van der Waals surface area contributed by atoms with Gasteiger partial charge in [-0.15, -0.1) is 25.5 Å². The lowest BCUT2D eigenvalue weighted by atomic mass is 10.1. The summed E-state index contributed by atoms with van der Waals surface area (Å²) in [6.45, 7) is 0. The molecule has 0 aliphatic heterocycles. The van der Waals surface area contributed by atoms with E-state index in [9.17, 15) is 0 Å². The highest BCUT2D eigenvalue weighted by Gasteiger charge is 2.29. The number of benzene rings is 14. The molecule has 30 aromatic rings. The summed E-state index contributed by atoms with van der Waals surface area (Å²) in [5.74, 6) is 2.52. The lowest BCUT2D eigenvalue weighted by Gasteiger charge is -2.01. The Morgan fingerprint density at radius 2 is 0.477 bits per heavy atom. The van der Waals surface area contributed by atoms with Crippen LogP contribution in [0.4, 0.5) is 0 Å². The van der Waals surface area contributed by atoms with Crippen LogP contribution in [-0.2, 0) is 0 Å². The van der Waals surface area contributed by atoms with E-state index in [0.29, 0.717) is 64.6 Å². The largest absolute Gasteiger partial charge is 0.439 e. The van der Waals surface area contributed by atoms with Crippen LogP contribution in [0, 0.1) is 0 Å². The number of aromatic nitrogens is 17. The molecule has 0 unspecified atom stereocenters. The molecule has 0 bridgehead atoms. The number of hydrogen-bond acceptors (Lipinski definition) is 21. The third-order valence-electron chi connectivity index (χ3n) is 23.4. The van der Waals surface area contributed by atoms with Crippen molar-refractivity contribution in [3.8, 4) is 75.3 Å². The van der Waals surface area contributed by atoms with Crippen molar-refractivity contribution in [3.63, 3.8) is 0 Å². The van der Waals surface area contributed by atoms with Gasteiger partial charge in [0.2, 0.25) is 46.6 Å². The first-order chi connectivity index (χ1) is 63.5. The third-order valence-corrected chi connectivity index (χ3v) is 26.7. The molecule has 14 aromatic carbocycles. The van der Waals surface area contributed by atoms with E-state index in [0.717, 1.165) is 188 Å². The zero-order valence-electron chi connectivity index (χ0n) is 66.4. The Bertz CT molecular complexity index is 9360. The maximum Gasteiger partial charge on any atom is 0.331 e. The van der Waals surface area contributed by atoms with Crippen molar-refractivity contribution in [2.45, 2.75) is 0 Å². The predicted molar refractivity (Wildman–Crippen MR) is 502 cm³/mol. The van der Waals surface area contributed by atoms with Gasteiger partial charge in [0.15, 0.2) is 14.9 Å². The highest BCUT2D eigenvalue weighted by molar-refractivity contribution is 7.25. The van der Waals surface area contributed by atoms with Gasteiger partial charge in [0.25, 0.3) is 0 Å². The Hall–Kier alpha value is -17.3. The van der Waals surface area contributed by atoms with Gasteiger partial charge in [0, 0.05) is 43.4 Å². The first-order valence-corrected chi connectivity index (χ1v) is 43.5. The highest BCUT2D eigenvalue weighted by atomic mass is 32.1. The van der Waals surface area contributed by atoms with Crippen molar-refractivity contribution in [1.82, 2.24) is 82.6 Å². The molecular formula is C101H55N17O7S3. The van der Waals surface area contributed by atoms with E-state index < -0.39 is 0 Å². The van der Waals surface area contributed by atoms with E-state index >= 15 is 0 Å². The Morgan fingerprint density at radius 3 is 0.852 bits per heavy atom. The maximum atomic E-state index is 6.38. The van der Waals surface area contributed by atoms with Crippen molar-refractivity contribution in [2.75, 3.05) is 0 Å². The van der Waals surface area contributed by atoms with Crippen molar-refractivity contribution < 1.29 is 30.9 Å². The van der Waals surface area contributed by atoms with Gasteiger partial charge >= 0.3 is 18.0 Å². The fraction of sp³-hybridized carbons (Fsp3) is 0. The van der Waals surface area contributed by atoms with Crippen molar-refractivity contribution >= 4 is 212 Å². The lowest BCUT2D eigenvalue weighted by Crippen LogP contribution is -1.93. The zero-order valence-corrected chi connectivity index (χ0v) is 68.9. The molecular weight excluding hydrogens is 1660 g/mol. The van der Waals surface area contributed by atoms with E-state index in [1.165, 1.54) is 0 Å². The summed E-state index contributed by atoms with van der Waals surface area (Å²) in [5.41, 5.74) is 21.4. The molecule has 27 heteroatoms. The van der Waals surface area contributed by atoms with Crippen LogP contribution in [0.2, 0.25) is 0 Å².